The standard InChI is InChI=1S/C20H22BrN3O4S/c21-16-6-8-17(9-7-16)23-18(25)14-22-20(26)19(15-4-2-1-3-5-15)24-10-12-29(27,28)13-11-24/h1-9,19H,10-14H2,(H,22,26)(H,23,25). The summed E-state index contributed by atoms with van der Waals surface area (Å²) in [5.41, 5.74) is 1.39. The summed E-state index contributed by atoms with van der Waals surface area (Å²) < 4.78 is 24.4. The Bertz CT molecular complexity index is 951. The van der Waals surface area contributed by atoms with Gasteiger partial charge in [0.15, 0.2) is 9.84 Å². The van der Waals surface area contributed by atoms with Crippen LogP contribution in [0.5, 0.6) is 0 Å². The smallest absolute Gasteiger partial charge is 0.243 e. The summed E-state index contributed by atoms with van der Waals surface area (Å²) in [6.45, 7) is 0.380. The molecular weight excluding hydrogens is 458 g/mol. The fraction of sp³-hybridized carbons (Fsp3) is 0.300. The molecule has 0 radical (unpaired) electrons. The summed E-state index contributed by atoms with van der Waals surface area (Å²) in [4.78, 5) is 27.0. The van der Waals surface area contributed by atoms with Crippen LogP contribution in [0.1, 0.15) is 11.6 Å². The Kier molecular flexibility index (Phi) is 7.05. The molecule has 0 aliphatic carbocycles. The summed E-state index contributed by atoms with van der Waals surface area (Å²) in [5, 5.41) is 5.41. The molecule has 1 saturated heterocycles. The number of carbonyl (C=O) groups excluding carboxylic acids is 2. The highest BCUT2D eigenvalue weighted by Gasteiger charge is 2.32. The Labute approximate surface area is 178 Å². The molecule has 1 aliphatic heterocycles. The molecule has 1 unspecified atom stereocenters. The summed E-state index contributed by atoms with van der Waals surface area (Å²) >= 11 is 3.33. The number of carbonyl (C=O) groups is 2. The van der Waals surface area contributed by atoms with Crippen LogP contribution in [0.25, 0.3) is 0 Å². The second-order valence-electron chi connectivity index (χ2n) is 6.77. The van der Waals surface area contributed by atoms with Crippen LogP contribution in [-0.2, 0) is 19.4 Å². The van der Waals surface area contributed by atoms with Crippen molar-refractivity contribution >= 4 is 43.3 Å². The van der Waals surface area contributed by atoms with Gasteiger partial charge in [0.25, 0.3) is 0 Å². The summed E-state index contributed by atoms with van der Waals surface area (Å²) in [6, 6.07) is 15.7. The van der Waals surface area contributed by atoms with E-state index in [4.69, 9.17) is 0 Å². The number of nitrogens with zero attached hydrogens (tertiary/aromatic N) is 1. The van der Waals surface area contributed by atoms with Crippen molar-refractivity contribution in [3.05, 3.63) is 64.6 Å². The molecule has 1 atom stereocenters. The first-order chi connectivity index (χ1) is 13.8. The highest BCUT2D eigenvalue weighted by atomic mass is 79.9. The van der Waals surface area contributed by atoms with Gasteiger partial charge in [0, 0.05) is 23.2 Å². The molecule has 0 saturated carbocycles. The van der Waals surface area contributed by atoms with E-state index in [0.717, 1.165) is 10.0 Å². The van der Waals surface area contributed by atoms with Gasteiger partial charge in [-0.05, 0) is 29.8 Å². The van der Waals surface area contributed by atoms with Gasteiger partial charge < -0.3 is 10.6 Å². The molecule has 9 heteroatoms. The number of rotatable bonds is 6. The molecule has 0 spiro atoms. The molecule has 1 aliphatic rings. The fourth-order valence-corrected chi connectivity index (χ4v) is 4.64. The summed E-state index contributed by atoms with van der Waals surface area (Å²) in [5.74, 6) is -0.628. The Morgan fingerprint density at radius 3 is 2.24 bits per heavy atom. The molecule has 29 heavy (non-hydrogen) atoms. The number of hydrogen-bond acceptors (Lipinski definition) is 5. The lowest BCUT2D eigenvalue weighted by Crippen LogP contribution is -2.48. The van der Waals surface area contributed by atoms with Crippen LogP contribution in [0.3, 0.4) is 0 Å². The van der Waals surface area contributed by atoms with Gasteiger partial charge in [0.05, 0.1) is 18.1 Å². The van der Waals surface area contributed by atoms with Gasteiger partial charge in [-0.3, -0.25) is 14.5 Å². The minimum absolute atomic E-state index is 0.0215. The summed E-state index contributed by atoms with van der Waals surface area (Å²) in [7, 11) is -3.06. The van der Waals surface area contributed by atoms with Crippen LogP contribution in [0.2, 0.25) is 0 Å². The highest BCUT2D eigenvalue weighted by molar-refractivity contribution is 9.10. The van der Waals surface area contributed by atoms with E-state index in [2.05, 4.69) is 26.6 Å². The zero-order valence-corrected chi connectivity index (χ0v) is 18.1. The van der Waals surface area contributed by atoms with Crippen molar-refractivity contribution in [1.82, 2.24) is 10.2 Å². The molecule has 2 amide bonds. The second kappa shape index (κ2) is 9.51. The minimum atomic E-state index is -3.06. The number of benzene rings is 2. The number of anilines is 1. The molecule has 0 aromatic heterocycles. The van der Waals surface area contributed by atoms with Gasteiger partial charge in [-0.2, -0.15) is 0 Å². The molecule has 2 N–H and O–H groups in total. The van der Waals surface area contributed by atoms with Crippen LogP contribution in [-0.4, -0.2) is 56.3 Å². The van der Waals surface area contributed by atoms with E-state index in [9.17, 15) is 18.0 Å². The SMILES string of the molecule is O=C(CNC(=O)C(c1ccccc1)N1CCS(=O)(=O)CC1)Nc1ccc(Br)cc1. The van der Waals surface area contributed by atoms with Gasteiger partial charge in [-0.25, -0.2) is 8.42 Å². The maximum Gasteiger partial charge on any atom is 0.243 e. The van der Waals surface area contributed by atoms with Crippen molar-refractivity contribution in [2.75, 3.05) is 36.5 Å². The van der Waals surface area contributed by atoms with Gasteiger partial charge >= 0.3 is 0 Å². The third-order valence-electron chi connectivity index (χ3n) is 4.66. The summed E-state index contributed by atoms with van der Waals surface area (Å²) in [6.07, 6.45) is 0. The average Bonchev–Trinajstić information content (AvgIpc) is 2.70. The van der Waals surface area contributed by atoms with Crippen molar-refractivity contribution in [2.24, 2.45) is 0 Å². The van der Waals surface area contributed by atoms with E-state index in [1.54, 1.807) is 12.1 Å². The van der Waals surface area contributed by atoms with Gasteiger partial charge in [-0.1, -0.05) is 46.3 Å². The number of sulfone groups is 1. The Hall–Kier alpha value is -2.23. The van der Waals surface area contributed by atoms with Gasteiger partial charge in [0.1, 0.15) is 6.04 Å². The lowest BCUT2D eigenvalue weighted by Gasteiger charge is -2.33. The van der Waals surface area contributed by atoms with Crippen LogP contribution in [0, 0.1) is 0 Å². The number of halogens is 1. The normalized spacial score (nSPS) is 17.3. The van der Waals surface area contributed by atoms with Crippen molar-refractivity contribution < 1.29 is 18.0 Å². The number of nitrogens with one attached hydrogen (secondary N) is 2. The van der Waals surface area contributed by atoms with E-state index in [1.165, 1.54) is 0 Å². The largest absolute Gasteiger partial charge is 0.345 e. The number of hydrogen-bond donors (Lipinski definition) is 2. The lowest BCUT2D eigenvalue weighted by atomic mass is 10.0. The molecular formula is C20H22BrN3O4S. The van der Waals surface area contributed by atoms with Crippen molar-refractivity contribution in [3.63, 3.8) is 0 Å². The van der Waals surface area contributed by atoms with E-state index >= 15 is 0 Å². The Morgan fingerprint density at radius 1 is 1.00 bits per heavy atom. The minimum Gasteiger partial charge on any atom is -0.345 e. The second-order valence-corrected chi connectivity index (χ2v) is 9.99. The topological polar surface area (TPSA) is 95.6 Å². The predicted octanol–water partition coefficient (Wildman–Crippen LogP) is 1.98. The van der Waals surface area contributed by atoms with Gasteiger partial charge in [0.2, 0.25) is 11.8 Å². The highest BCUT2D eigenvalue weighted by Crippen LogP contribution is 2.23. The average molecular weight is 480 g/mol. The van der Waals surface area contributed by atoms with Crippen LogP contribution < -0.4 is 10.6 Å². The first-order valence-electron chi connectivity index (χ1n) is 9.17. The van der Waals surface area contributed by atoms with Crippen molar-refractivity contribution in [3.8, 4) is 0 Å². The Morgan fingerprint density at radius 2 is 1.62 bits per heavy atom. The van der Waals surface area contributed by atoms with Crippen molar-refractivity contribution in [2.45, 2.75) is 6.04 Å². The molecule has 2 aromatic carbocycles. The quantitative estimate of drug-likeness (QED) is 0.660. The molecule has 0 bridgehead atoms. The molecule has 7 nitrogen and oxygen atoms in total. The van der Waals surface area contributed by atoms with Gasteiger partial charge in [-0.15, -0.1) is 0 Å². The predicted molar refractivity (Wildman–Crippen MR) is 115 cm³/mol. The third-order valence-corrected chi connectivity index (χ3v) is 6.80. The van der Waals surface area contributed by atoms with E-state index < -0.39 is 15.9 Å². The molecule has 154 valence electrons. The molecule has 2 aromatic rings. The third kappa shape index (κ3) is 6.12. The van der Waals surface area contributed by atoms with E-state index in [0.29, 0.717) is 5.69 Å². The maximum atomic E-state index is 12.9. The first kappa shape index (κ1) is 21.5. The fourth-order valence-electron chi connectivity index (χ4n) is 3.15. The van der Waals surface area contributed by atoms with E-state index in [-0.39, 0.29) is 43.0 Å². The molecule has 1 heterocycles. The molecule has 3 rings (SSSR count). The molecule has 1 fully saturated rings. The maximum absolute atomic E-state index is 12.9. The Balaban J connectivity index is 1.65. The zero-order valence-electron chi connectivity index (χ0n) is 15.7. The number of amides is 2. The first-order valence-corrected chi connectivity index (χ1v) is 11.8. The van der Waals surface area contributed by atoms with E-state index in [1.807, 2.05) is 47.4 Å². The van der Waals surface area contributed by atoms with Crippen molar-refractivity contribution in [1.29, 1.82) is 0 Å². The zero-order chi connectivity index (χ0) is 20.9. The lowest BCUT2D eigenvalue weighted by molar-refractivity contribution is -0.128. The monoisotopic (exact) mass is 479 g/mol. The van der Waals surface area contributed by atoms with Crippen LogP contribution in [0.4, 0.5) is 5.69 Å². The van der Waals surface area contributed by atoms with Crippen LogP contribution in [0.15, 0.2) is 59.1 Å². The van der Waals surface area contributed by atoms with Crippen LogP contribution >= 0.6 is 15.9 Å².